The lowest BCUT2D eigenvalue weighted by Gasteiger charge is -2.25. The molecule has 8 nitrogen and oxygen atoms in total. The molecule has 0 aromatic rings. The molecule has 0 heterocycles. The number of amides is 1. The van der Waals surface area contributed by atoms with Crippen LogP contribution in [0.4, 0.5) is 0 Å². The molecule has 3 unspecified atom stereocenters. The van der Waals surface area contributed by atoms with Crippen LogP contribution in [-0.4, -0.2) is 47.8 Å². The zero-order chi connectivity index (χ0) is 34.0. The van der Waals surface area contributed by atoms with Gasteiger partial charge in [-0.05, 0) is 51.4 Å². The molecule has 0 radical (unpaired) electrons. The Labute approximate surface area is 282 Å². The van der Waals surface area contributed by atoms with E-state index < -0.39 is 20.0 Å². The van der Waals surface area contributed by atoms with Gasteiger partial charge in [-0.25, -0.2) is 4.57 Å². The van der Waals surface area contributed by atoms with Gasteiger partial charge in [0, 0.05) is 13.0 Å². The molecule has 0 saturated heterocycles. The number of aliphatic hydroxyl groups excluding tert-OH is 1. The van der Waals surface area contributed by atoms with E-state index in [1.165, 1.54) is 70.6 Å². The molecule has 46 heavy (non-hydrogen) atoms. The molecule has 0 aromatic heterocycles. The van der Waals surface area contributed by atoms with E-state index in [0.29, 0.717) is 12.8 Å². The Morgan fingerprint density at radius 3 is 1.78 bits per heavy atom. The second kappa shape index (κ2) is 33.6. The molecule has 0 aliphatic rings. The third-order valence-corrected chi connectivity index (χ3v) is 8.98. The number of phosphoric ester groups is 1. The van der Waals surface area contributed by atoms with Gasteiger partial charge >= 0.3 is 7.82 Å². The number of nitrogens with one attached hydrogen (secondary N) is 1. The molecule has 5 N–H and O–H groups in total. The highest BCUT2D eigenvalue weighted by Crippen LogP contribution is 2.43. The minimum Gasteiger partial charge on any atom is -0.391 e. The van der Waals surface area contributed by atoms with Crippen molar-refractivity contribution >= 4 is 13.7 Å². The molecule has 0 aliphatic heterocycles. The topological polar surface area (TPSA) is 131 Å². The molecule has 3 atom stereocenters. The maximum absolute atomic E-state index is 12.7. The summed E-state index contributed by atoms with van der Waals surface area (Å²) < 4.78 is 22.0. The number of aliphatic hydroxyl groups is 1. The lowest BCUT2D eigenvalue weighted by molar-refractivity contribution is -0.123. The Kier molecular flexibility index (Phi) is 32.7. The van der Waals surface area contributed by atoms with Crippen molar-refractivity contribution < 1.29 is 28.4 Å². The fourth-order valence-corrected chi connectivity index (χ4v) is 5.90. The maximum Gasteiger partial charge on any atom is 0.472 e. The number of rotatable bonds is 34. The number of allylic oxidation sites excluding steroid dienone is 6. The summed E-state index contributed by atoms with van der Waals surface area (Å²) in [7, 11) is -4.31. The molecular weight excluding hydrogens is 599 g/mol. The normalized spacial score (nSPS) is 14.8. The minimum atomic E-state index is -4.31. The summed E-state index contributed by atoms with van der Waals surface area (Å²) in [6, 6.07) is -0.778. The Morgan fingerprint density at radius 1 is 0.717 bits per heavy atom. The van der Waals surface area contributed by atoms with E-state index in [-0.39, 0.29) is 25.7 Å². The van der Waals surface area contributed by atoms with Crippen LogP contribution >= 0.6 is 7.82 Å². The summed E-state index contributed by atoms with van der Waals surface area (Å²) in [5.41, 5.74) is 5.34. The number of hydrogen-bond acceptors (Lipinski definition) is 6. The van der Waals surface area contributed by atoms with Gasteiger partial charge in [0.05, 0.1) is 25.4 Å². The number of unbranched alkanes of at least 4 members (excludes halogenated alkanes) is 16. The molecule has 0 rings (SSSR count). The predicted octanol–water partition coefficient (Wildman–Crippen LogP) is 9.61. The third kappa shape index (κ3) is 31.3. The first kappa shape index (κ1) is 44.7. The number of phosphoric acid groups is 1. The summed E-state index contributed by atoms with van der Waals surface area (Å²) in [6.45, 7) is 4.11. The predicted molar refractivity (Wildman–Crippen MR) is 194 cm³/mol. The summed E-state index contributed by atoms with van der Waals surface area (Å²) in [6.07, 6.45) is 37.3. The summed E-state index contributed by atoms with van der Waals surface area (Å²) in [5.74, 6) is -0.179. The van der Waals surface area contributed by atoms with Gasteiger partial charge in [0.25, 0.3) is 0 Å². The van der Waals surface area contributed by atoms with Crippen molar-refractivity contribution in [3.05, 3.63) is 36.5 Å². The average molecular weight is 671 g/mol. The van der Waals surface area contributed by atoms with Crippen LogP contribution in [0, 0.1) is 0 Å². The summed E-state index contributed by atoms with van der Waals surface area (Å²) in [5, 5.41) is 13.6. The second-order valence-corrected chi connectivity index (χ2v) is 13.9. The van der Waals surface area contributed by atoms with Crippen LogP contribution in [-0.2, 0) is 18.4 Å². The van der Waals surface area contributed by atoms with Crippen LogP contribution in [0.15, 0.2) is 36.5 Å². The molecule has 1 amide bonds. The van der Waals surface area contributed by atoms with Gasteiger partial charge in [-0.1, -0.05) is 140 Å². The van der Waals surface area contributed by atoms with Crippen molar-refractivity contribution in [2.75, 3.05) is 19.8 Å². The van der Waals surface area contributed by atoms with Gasteiger partial charge in [-0.15, -0.1) is 0 Å². The van der Waals surface area contributed by atoms with Crippen molar-refractivity contribution in [2.45, 2.75) is 174 Å². The summed E-state index contributed by atoms with van der Waals surface area (Å²) in [4.78, 5) is 22.5. The first-order chi connectivity index (χ1) is 22.4. The van der Waals surface area contributed by atoms with E-state index in [1.54, 1.807) is 0 Å². The minimum absolute atomic E-state index is 0.0851. The zero-order valence-electron chi connectivity index (χ0n) is 29.6. The zero-order valence-corrected chi connectivity index (χ0v) is 30.4. The molecule has 270 valence electrons. The van der Waals surface area contributed by atoms with E-state index in [4.69, 9.17) is 14.8 Å². The smallest absolute Gasteiger partial charge is 0.391 e. The lowest BCUT2D eigenvalue weighted by atomic mass is 10.0. The highest BCUT2D eigenvalue weighted by atomic mass is 31.2. The van der Waals surface area contributed by atoms with E-state index in [2.05, 4.69) is 55.6 Å². The largest absolute Gasteiger partial charge is 0.472 e. The lowest BCUT2D eigenvalue weighted by Crippen LogP contribution is -2.46. The van der Waals surface area contributed by atoms with Gasteiger partial charge < -0.3 is 21.1 Å². The van der Waals surface area contributed by atoms with Crippen LogP contribution in [0.2, 0.25) is 0 Å². The molecule has 0 aliphatic carbocycles. The third-order valence-electron chi connectivity index (χ3n) is 8.00. The summed E-state index contributed by atoms with van der Waals surface area (Å²) >= 11 is 0. The van der Waals surface area contributed by atoms with Crippen LogP contribution < -0.4 is 11.1 Å². The van der Waals surface area contributed by atoms with Gasteiger partial charge in [-0.3, -0.25) is 13.8 Å². The van der Waals surface area contributed by atoms with Crippen molar-refractivity contribution in [3.63, 3.8) is 0 Å². The maximum atomic E-state index is 12.7. The van der Waals surface area contributed by atoms with Gasteiger partial charge in [0.1, 0.15) is 0 Å². The first-order valence-electron chi connectivity index (χ1n) is 18.6. The van der Waals surface area contributed by atoms with Gasteiger partial charge in [-0.2, -0.15) is 0 Å². The quantitative estimate of drug-likeness (QED) is 0.0305. The fraction of sp³-hybridized carbons (Fsp3) is 0.811. The number of carbonyl (C=O) groups excluding carboxylic acids is 1. The van der Waals surface area contributed by atoms with E-state index in [0.717, 1.165) is 64.2 Å². The molecule has 0 spiro atoms. The first-order valence-corrected chi connectivity index (χ1v) is 20.1. The van der Waals surface area contributed by atoms with Crippen LogP contribution in [0.5, 0.6) is 0 Å². The number of carbonyl (C=O) groups is 1. The van der Waals surface area contributed by atoms with Crippen LogP contribution in [0.3, 0.4) is 0 Å². The molecule has 0 bridgehead atoms. The molecule has 0 aromatic carbocycles. The monoisotopic (exact) mass is 671 g/mol. The van der Waals surface area contributed by atoms with Gasteiger partial charge in [0.2, 0.25) is 5.91 Å². The van der Waals surface area contributed by atoms with Crippen molar-refractivity contribution in [1.29, 1.82) is 0 Å². The molecular formula is C37H71N2O6P. The Balaban J connectivity index is 4.19. The van der Waals surface area contributed by atoms with Crippen LogP contribution in [0.25, 0.3) is 0 Å². The number of nitrogens with two attached hydrogens (primary N) is 1. The molecule has 0 fully saturated rings. The van der Waals surface area contributed by atoms with Crippen molar-refractivity contribution in [2.24, 2.45) is 5.73 Å². The molecule has 0 saturated carbocycles. The van der Waals surface area contributed by atoms with E-state index in [1.807, 2.05) is 0 Å². The SMILES string of the molecule is CCCCC/C=C\C/C=C\C/C=C\CCCCCCCCC(=O)NC(COP(=O)(O)OCCN)C(O)CCCCCCCCCC. The standard InChI is InChI=1S/C37H71N2O6P/c1-3-5-7-9-11-13-14-15-16-17-18-19-20-21-22-23-25-27-29-31-37(41)39-35(34-45-46(42,43)44-33-32-38)36(40)30-28-26-24-12-10-8-6-4-2/h11,13,15-16,18-19,35-36,40H,3-10,12,14,17,20-34,38H2,1-2H3,(H,39,41)(H,42,43)/b13-11-,16-15-,19-18-. The van der Waals surface area contributed by atoms with Crippen LogP contribution in [0.1, 0.15) is 162 Å². The van der Waals surface area contributed by atoms with Crippen molar-refractivity contribution in [3.8, 4) is 0 Å². The second-order valence-electron chi connectivity index (χ2n) is 12.4. The Morgan fingerprint density at radius 2 is 1.20 bits per heavy atom. The average Bonchev–Trinajstić information content (AvgIpc) is 3.04. The Bertz CT molecular complexity index is 820. The highest BCUT2D eigenvalue weighted by Gasteiger charge is 2.27. The van der Waals surface area contributed by atoms with E-state index >= 15 is 0 Å². The molecule has 9 heteroatoms. The Hall–Kier alpha value is -1.28. The number of hydrogen-bond donors (Lipinski definition) is 4. The van der Waals surface area contributed by atoms with E-state index in [9.17, 15) is 19.4 Å². The fourth-order valence-electron chi connectivity index (χ4n) is 5.14. The van der Waals surface area contributed by atoms with Gasteiger partial charge in [0.15, 0.2) is 0 Å². The highest BCUT2D eigenvalue weighted by molar-refractivity contribution is 7.47. The van der Waals surface area contributed by atoms with Crippen molar-refractivity contribution in [1.82, 2.24) is 5.32 Å².